The molecule has 0 unspecified atom stereocenters. The second-order valence-corrected chi connectivity index (χ2v) is 6.47. The van der Waals surface area contributed by atoms with E-state index in [9.17, 15) is 8.78 Å². The monoisotopic (exact) mass is 367 g/mol. The molecule has 3 nitrogen and oxygen atoms in total. The lowest BCUT2D eigenvalue weighted by molar-refractivity contribution is 0.509. The van der Waals surface area contributed by atoms with E-state index < -0.39 is 11.6 Å². The van der Waals surface area contributed by atoms with Gasteiger partial charge in [-0.3, -0.25) is 0 Å². The number of allylic oxidation sites excluding steroid dienone is 2. The molecule has 2 aromatic heterocycles. The second-order valence-electron chi connectivity index (χ2n) is 6.47. The molecule has 0 aliphatic carbocycles. The van der Waals surface area contributed by atoms with Crippen molar-refractivity contribution in [3.05, 3.63) is 65.6 Å². The van der Waals surface area contributed by atoms with Gasteiger partial charge in [-0.25, -0.2) is 18.3 Å². The van der Waals surface area contributed by atoms with E-state index in [-0.39, 0.29) is 0 Å². The maximum absolute atomic E-state index is 13.7. The molecule has 0 atom stereocenters. The molecule has 0 aliphatic heterocycles. The van der Waals surface area contributed by atoms with E-state index >= 15 is 0 Å². The maximum atomic E-state index is 13.7. The van der Waals surface area contributed by atoms with Crippen molar-refractivity contribution in [2.75, 3.05) is 0 Å². The molecule has 27 heavy (non-hydrogen) atoms. The van der Waals surface area contributed by atoms with Crippen molar-refractivity contribution < 1.29 is 8.78 Å². The Hall–Kier alpha value is -2.82. The Morgan fingerprint density at radius 1 is 1.22 bits per heavy atom. The molecule has 0 aliphatic rings. The van der Waals surface area contributed by atoms with Crippen molar-refractivity contribution >= 4 is 17.3 Å². The quantitative estimate of drug-likeness (QED) is 0.518. The number of hydrogen-bond donors (Lipinski definition) is 0. The molecule has 0 bridgehead atoms. The summed E-state index contributed by atoms with van der Waals surface area (Å²) >= 11 is 0. The molecule has 0 saturated heterocycles. The van der Waals surface area contributed by atoms with Crippen molar-refractivity contribution in [1.82, 2.24) is 14.6 Å². The zero-order chi connectivity index (χ0) is 19.6. The minimum absolute atomic E-state index is 0.551. The van der Waals surface area contributed by atoms with Crippen LogP contribution >= 0.6 is 0 Å². The van der Waals surface area contributed by atoms with Gasteiger partial charge in [0, 0.05) is 17.3 Å². The first-order valence-electron chi connectivity index (χ1n) is 9.17. The molecule has 140 valence electrons. The summed E-state index contributed by atoms with van der Waals surface area (Å²) in [6.07, 6.45) is 8.70. The molecule has 3 rings (SSSR count). The molecule has 5 heteroatoms. The average Bonchev–Trinajstić information content (AvgIpc) is 2.99. The fourth-order valence-corrected chi connectivity index (χ4v) is 3.40. The molecule has 1 aromatic carbocycles. The Labute approximate surface area is 158 Å². The average molecular weight is 367 g/mol. The Balaban J connectivity index is 2.26. The highest BCUT2D eigenvalue weighted by Crippen LogP contribution is 2.32. The molecule has 3 aromatic rings. The third-order valence-electron chi connectivity index (χ3n) is 4.57. The van der Waals surface area contributed by atoms with Gasteiger partial charge in [-0.15, -0.1) is 0 Å². The Bertz CT molecular complexity index is 1030. The van der Waals surface area contributed by atoms with Crippen molar-refractivity contribution in [3.63, 3.8) is 0 Å². The SMILES string of the molecule is C=Cc1c(/C(=C\CC)CCC)cnc2c(-c3ccc(F)c(F)c3)c(C)nn12. The highest BCUT2D eigenvalue weighted by molar-refractivity contribution is 5.82. The van der Waals surface area contributed by atoms with Gasteiger partial charge in [-0.1, -0.05) is 39.0 Å². The van der Waals surface area contributed by atoms with E-state index in [1.54, 1.807) is 16.7 Å². The van der Waals surface area contributed by atoms with Crippen LogP contribution < -0.4 is 0 Å². The number of nitrogens with zero attached hydrogens (tertiary/aromatic N) is 3. The minimum Gasteiger partial charge on any atom is -0.236 e. The number of benzene rings is 1. The molecule has 0 spiro atoms. The highest BCUT2D eigenvalue weighted by atomic mass is 19.2. The first-order valence-corrected chi connectivity index (χ1v) is 9.17. The smallest absolute Gasteiger partial charge is 0.163 e. The van der Waals surface area contributed by atoms with E-state index in [0.29, 0.717) is 22.5 Å². The molecular formula is C22H23F2N3. The lowest BCUT2D eigenvalue weighted by Crippen LogP contribution is -2.02. The molecule has 0 radical (unpaired) electrons. The van der Waals surface area contributed by atoms with Crippen molar-refractivity contribution in [2.45, 2.75) is 40.0 Å². The van der Waals surface area contributed by atoms with Crippen LogP contribution in [0.5, 0.6) is 0 Å². The minimum atomic E-state index is -0.886. The van der Waals surface area contributed by atoms with Crippen LogP contribution in [0.1, 0.15) is 50.1 Å². The lowest BCUT2D eigenvalue weighted by Gasteiger charge is -2.12. The third-order valence-corrected chi connectivity index (χ3v) is 4.57. The van der Waals surface area contributed by atoms with Gasteiger partial charge in [0.15, 0.2) is 17.3 Å². The summed E-state index contributed by atoms with van der Waals surface area (Å²) in [5, 5.41) is 4.62. The van der Waals surface area contributed by atoms with Gasteiger partial charge >= 0.3 is 0 Å². The van der Waals surface area contributed by atoms with Gasteiger partial charge in [0.1, 0.15) is 0 Å². The topological polar surface area (TPSA) is 30.2 Å². The zero-order valence-corrected chi connectivity index (χ0v) is 15.9. The molecule has 2 heterocycles. The molecule has 0 amide bonds. The van der Waals surface area contributed by atoms with Crippen LogP contribution in [0.4, 0.5) is 8.78 Å². The highest BCUT2D eigenvalue weighted by Gasteiger charge is 2.18. The van der Waals surface area contributed by atoms with Crippen molar-refractivity contribution in [3.8, 4) is 11.1 Å². The zero-order valence-electron chi connectivity index (χ0n) is 15.9. The summed E-state index contributed by atoms with van der Waals surface area (Å²) in [7, 11) is 0. The maximum Gasteiger partial charge on any atom is 0.163 e. The van der Waals surface area contributed by atoms with Crippen LogP contribution in [-0.4, -0.2) is 14.6 Å². The third kappa shape index (κ3) is 3.42. The number of aromatic nitrogens is 3. The van der Waals surface area contributed by atoms with E-state index in [4.69, 9.17) is 0 Å². The predicted molar refractivity (Wildman–Crippen MR) is 106 cm³/mol. The van der Waals surface area contributed by atoms with Gasteiger partial charge in [0.2, 0.25) is 0 Å². The fourth-order valence-electron chi connectivity index (χ4n) is 3.40. The van der Waals surface area contributed by atoms with Gasteiger partial charge in [0.05, 0.1) is 11.4 Å². The number of aryl methyl sites for hydroxylation is 1. The Morgan fingerprint density at radius 3 is 2.63 bits per heavy atom. The predicted octanol–water partition coefficient (Wildman–Crippen LogP) is 6.22. The van der Waals surface area contributed by atoms with Crippen LogP contribution in [0.2, 0.25) is 0 Å². The molecule has 0 fully saturated rings. The van der Waals surface area contributed by atoms with Crippen LogP contribution in [0, 0.1) is 18.6 Å². The standard InChI is InChI=1S/C22H23F2N3/c1-5-8-15(9-6-2)17-13-25-22-21(14(4)26-27(22)20(17)7-3)16-10-11-18(23)19(24)12-16/h7-8,10-13H,3,5-6,9H2,1-2,4H3/b15-8-. The van der Waals surface area contributed by atoms with Crippen LogP contribution in [0.25, 0.3) is 28.4 Å². The van der Waals surface area contributed by atoms with E-state index in [1.165, 1.54) is 11.6 Å². The van der Waals surface area contributed by atoms with Crippen LogP contribution in [-0.2, 0) is 0 Å². The van der Waals surface area contributed by atoms with E-state index in [0.717, 1.165) is 36.6 Å². The van der Waals surface area contributed by atoms with E-state index in [1.807, 2.05) is 13.1 Å². The summed E-state index contributed by atoms with van der Waals surface area (Å²) in [6, 6.07) is 3.85. The van der Waals surface area contributed by atoms with E-state index in [2.05, 4.69) is 36.6 Å². The first kappa shape index (κ1) is 19.0. The number of hydrogen-bond acceptors (Lipinski definition) is 2. The first-order chi connectivity index (χ1) is 13.0. The normalized spacial score (nSPS) is 12.0. The number of rotatable bonds is 6. The molecule has 0 N–H and O–H groups in total. The summed E-state index contributed by atoms with van der Waals surface area (Å²) in [5.74, 6) is -1.76. The van der Waals surface area contributed by atoms with Crippen LogP contribution in [0.3, 0.4) is 0 Å². The largest absolute Gasteiger partial charge is 0.236 e. The van der Waals surface area contributed by atoms with Gasteiger partial charge in [-0.2, -0.15) is 5.10 Å². The summed E-state index contributed by atoms with van der Waals surface area (Å²) < 4.78 is 28.8. The van der Waals surface area contributed by atoms with Crippen molar-refractivity contribution in [1.29, 1.82) is 0 Å². The van der Waals surface area contributed by atoms with Gasteiger partial charge < -0.3 is 0 Å². The molecule has 0 saturated carbocycles. The van der Waals surface area contributed by atoms with Gasteiger partial charge in [0.25, 0.3) is 0 Å². The molecular weight excluding hydrogens is 344 g/mol. The fraction of sp³-hybridized carbons (Fsp3) is 0.273. The Kier molecular flexibility index (Phi) is 5.49. The summed E-state index contributed by atoms with van der Waals surface area (Å²) in [5.41, 5.74) is 5.61. The van der Waals surface area contributed by atoms with Crippen LogP contribution in [0.15, 0.2) is 37.1 Å². The Morgan fingerprint density at radius 2 is 2.00 bits per heavy atom. The summed E-state index contributed by atoms with van der Waals surface area (Å²) in [4.78, 5) is 4.62. The number of fused-ring (bicyclic) bond motifs is 1. The van der Waals surface area contributed by atoms with Crippen molar-refractivity contribution in [2.24, 2.45) is 0 Å². The number of halogens is 2. The van der Waals surface area contributed by atoms with Gasteiger partial charge in [-0.05, 0) is 49.1 Å². The summed E-state index contributed by atoms with van der Waals surface area (Å²) in [6.45, 7) is 10.0. The lowest BCUT2D eigenvalue weighted by atomic mass is 9.99. The second kappa shape index (κ2) is 7.82.